The summed E-state index contributed by atoms with van der Waals surface area (Å²) in [5, 5.41) is 12.1. The molecule has 0 saturated carbocycles. The van der Waals surface area contributed by atoms with E-state index in [1.165, 1.54) is 4.90 Å². The predicted molar refractivity (Wildman–Crippen MR) is 90.4 cm³/mol. The number of nitrogens with zero attached hydrogens (tertiary/aromatic N) is 2. The molecule has 0 spiro atoms. The summed E-state index contributed by atoms with van der Waals surface area (Å²) in [6.07, 6.45) is 0. The third-order valence-electron chi connectivity index (χ3n) is 3.45. The van der Waals surface area contributed by atoms with Gasteiger partial charge in [0.2, 0.25) is 0 Å². The minimum atomic E-state index is -0.308. The van der Waals surface area contributed by atoms with Gasteiger partial charge in [0, 0.05) is 0 Å². The van der Waals surface area contributed by atoms with Crippen LogP contribution in [0.5, 0.6) is 11.5 Å². The molecular weight excluding hydrogens is 310 g/mol. The molecule has 5 nitrogen and oxygen atoms in total. The van der Waals surface area contributed by atoms with Crippen molar-refractivity contribution in [1.29, 1.82) is 5.26 Å². The zero-order chi connectivity index (χ0) is 16.4. The molecule has 2 aromatic carbocycles. The van der Waals surface area contributed by atoms with Gasteiger partial charge < -0.3 is 10.1 Å². The number of rotatable bonds is 3. The predicted octanol–water partition coefficient (Wildman–Crippen LogP) is 2.96. The lowest BCUT2D eigenvalue weighted by atomic mass is 10.2. The first-order chi connectivity index (χ1) is 11.1. The monoisotopic (exact) mass is 323 g/mol. The molecule has 0 unspecified atom stereocenters. The Hall–Kier alpha value is -2.91. The average molecular weight is 323 g/mol. The summed E-state index contributed by atoms with van der Waals surface area (Å²) in [4.78, 5) is 13.5. The Labute approximate surface area is 139 Å². The van der Waals surface area contributed by atoms with Gasteiger partial charge in [-0.25, -0.2) is 0 Å². The SMILES string of the molecule is C[C@@H]1NC(=S)N(c2ccc(Oc3ccc(C#N)cc3)cc2)C1=O. The third kappa shape index (κ3) is 3.00. The zero-order valence-electron chi connectivity index (χ0n) is 12.3. The van der Waals surface area contributed by atoms with E-state index < -0.39 is 0 Å². The summed E-state index contributed by atoms with van der Waals surface area (Å²) in [5.41, 5.74) is 1.28. The van der Waals surface area contributed by atoms with Gasteiger partial charge in [-0.15, -0.1) is 0 Å². The highest BCUT2D eigenvalue weighted by Crippen LogP contribution is 2.26. The molecule has 0 radical (unpaired) electrons. The van der Waals surface area contributed by atoms with Crippen molar-refractivity contribution in [2.75, 3.05) is 4.90 Å². The first-order valence-corrected chi connectivity index (χ1v) is 7.42. The van der Waals surface area contributed by atoms with E-state index in [1.54, 1.807) is 55.5 Å². The highest BCUT2D eigenvalue weighted by molar-refractivity contribution is 7.80. The molecule has 1 aliphatic heterocycles. The number of carbonyl (C=O) groups is 1. The Morgan fingerprint density at radius 2 is 1.70 bits per heavy atom. The largest absolute Gasteiger partial charge is 0.457 e. The molecular formula is C17H13N3O2S. The maximum absolute atomic E-state index is 12.1. The highest BCUT2D eigenvalue weighted by atomic mass is 32.1. The molecule has 23 heavy (non-hydrogen) atoms. The Kier molecular flexibility index (Phi) is 3.96. The standard InChI is InChI=1S/C17H13N3O2S/c1-11-16(21)20(17(23)19-11)13-4-8-15(9-5-13)22-14-6-2-12(10-18)3-7-14/h2-9,11H,1H3,(H,19,23)/t11-/m0/s1. The van der Waals surface area contributed by atoms with E-state index >= 15 is 0 Å². The van der Waals surface area contributed by atoms with Crippen LogP contribution in [0.2, 0.25) is 0 Å². The van der Waals surface area contributed by atoms with Crippen LogP contribution in [-0.4, -0.2) is 17.1 Å². The number of ether oxygens (including phenoxy) is 1. The first-order valence-electron chi connectivity index (χ1n) is 7.01. The van der Waals surface area contributed by atoms with Gasteiger partial charge in [0.1, 0.15) is 17.5 Å². The summed E-state index contributed by atoms with van der Waals surface area (Å²) in [5.74, 6) is 1.20. The third-order valence-corrected chi connectivity index (χ3v) is 3.75. The van der Waals surface area contributed by atoms with Crippen LogP contribution in [0.4, 0.5) is 5.69 Å². The molecule has 1 N–H and O–H groups in total. The average Bonchev–Trinajstić information content (AvgIpc) is 2.82. The molecule has 1 heterocycles. The Balaban J connectivity index is 1.75. The van der Waals surface area contributed by atoms with Crippen LogP contribution in [0.15, 0.2) is 48.5 Å². The minimum absolute atomic E-state index is 0.0734. The van der Waals surface area contributed by atoms with Gasteiger partial charge in [0.15, 0.2) is 5.11 Å². The van der Waals surface area contributed by atoms with E-state index in [9.17, 15) is 4.79 Å². The van der Waals surface area contributed by atoms with Gasteiger partial charge in [-0.05, 0) is 67.7 Å². The Morgan fingerprint density at radius 1 is 1.13 bits per heavy atom. The number of benzene rings is 2. The molecule has 3 rings (SSSR count). The van der Waals surface area contributed by atoms with Gasteiger partial charge in [0.05, 0.1) is 17.3 Å². The van der Waals surface area contributed by atoms with Crippen LogP contribution in [0.3, 0.4) is 0 Å². The van der Waals surface area contributed by atoms with Gasteiger partial charge in [0.25, 0.3) is 5.91 Å². The number of anilines is 1. The Bertz CT molecular complexity index is 794. The molecule has 0 aromatic heterocycles. The highest BCUT2D eigenvalue weighted by Gasteiger charge is 2.33. The quantitative estimate of drug-likeness (QED) is 0.880. The molecule has 1 aliphatic rings. The summed E-state index contributed by atoms with van der Waals surface area (Å²) in [6, 6.07) is 15.7. The minimum Gasteiger partial charge on any atom is -0.457 e. The topological polar surface area (TPSA) is 65.4 Å². The molecule has 114 valence electrons. The van der Waals surface area contributed by atoms with Crippen LogP contribution < -0.4 is 15.0 Å². The maximum Gasteiger partial charge on any atom is 0.255 e. The van der Waals surface area contributed by atoms with Gasteiger partial charge in [-0.2, -0.15) is 5.26 Å². The number of nitrogens with one attached hydrogen (secondary N) is 1. The second-order valence-corrected chi connectivity index (χ2v) is 5.46. The van der Waals surface area contributed by atoms with E-state index in [1.807, 2.05) is 0 Å². The molecule has 1 saturated heterocycles. The van der Waals surface area contributed by atoms with Crippen molar-refractivity contribution in [2.24, 2.45) is 0 Å². The van der Waals surface area contributed by atoms with E-state index in [-0.39, 0.29) is 11.9 Å². The lowest BCUT2D eigenvalue weighted by Gasteiger charge is -2.15. The number of hydrogen-bond donors (Lipinski definition) is 1. The number of carbonyl (C=O) groups excluding carboxylic acids is 1. The van der Waals surface area contributed by atoms with Crippen molar-refractivity contribution in [1.82, 2.24) is 5.32 Å². The first kappa shape index (κ1) is 15.0. The van der Waals surface area contributed by atoms with E-state index in [4.69, 9.17) is 22.2 Å². The number of nitriles is 1. The second kappa shape index (κ2) is 6.07. The second-order valence-electron chi connectivity index (χ2n) is 5.08. The number of thiocarbonyl (C=S) groups is 1. The van der Waals surface area contributed by atoms with Crippen molar-refractivity contribution < 1.29 is 9.53 Å². The fraction of sp³-hybridized carbons (Fsp3) is 0.118. The van der Waals surface area contributed by atoms with Crippen molar-refractivity contribution in [3.63, 3.8) is 0 Å². The van der Waals surface area contributed by atoms with E-state index in [0.717, 1.165) is 0 Å². The Morgan fingerprint density at radius 3 is 2.17 bits per heavy atom. The number of hydrogen-bond acceptors (Lipinski definition) is 4. The summed E-state index contributed by atoms with van der Waals surface area (Å²) in [6.45, 7) is 1.77. The normalized spacial score (nSPS) is 16.9. The van der Waals surface area contributed by atoms with Crippen molar-refractivity contribution in [3.05, 3.63) is 54.1 Å². The van der Waals surface area contributed by atoms with Crippen molar-refractivity contribution in [2.45, 2.75) is 13.0 Å². The fourth-order valence-electron chi connectivity index (χ4n) is 2.25. The van der Waals surface area contributed by atoms with Crippen LogP contribution in [-0.2, 0) is 4.79 Å². The zero-order valence-corrected chi connectivity index (χ0v) is 13.1. The molecule has 1 atom stereocenters. The summed E-state index contributed by atoms with van der Waals surface area (Å²) in [7, 11) is 0. The molecule has 6 heteroatoms. The molecule has 1 fully saturated rings. The van der Waals surface area contributed by atoms with Gasteiger partial charge in [-0.1, -0.05) is 0 Å². The van der Waals surface area contributed by atoms with Crippen molar-refractivity contribution >= 4 is 28.9 Å². The molecule has 0 bridgehead atoms. The maximum atomic E-state index is 12.1. The van der Waals surface area contributed by atoms with Gasteiger partial charge >= 0.3 is 0 Å². The van der Waals surface area contributed by atoms with Crippen LogP contribution in [0.1, 0.15) is 12.5 Å². The smallest absolute Gasteiger partial charge is 0.255 e. The van der Waals surface area contributed by atoms with Crippen molar-refractivity contribution in [3.8, 4) is 17.6 Å². The van der Waals surface area contributed by atoms with Crippen LogP contribution in [0, 0.1) is 11.3 Å². The van der Waals surface area contributed by atoms with E-state index in [0.29, 0.717) is 27.9 Å². The summed E-state index contributed by atoms with van der Waals surface area (Å²) >= 11 is 5.17. The molecule has 0 aliphatic carbocycles. The van der Waals surface area contributed by atoms with E-state index in [2.05, 4.69) is 11.4 Å². The number of amides is 1. The van der Waals surface area contributed by atoms with Crippen LogP contribution in [0.25, 0.3) is 0 Å². The van der Waals surface area contributed by atoms with Gasteiger partial charge in [-0.3, -0.25) is 9.69 Å². The lowest BCUT2D eigenvalue weighted by Crippen LogP contribution is -2.30. The molecule has 1 amide bonds. The summed E-state index contributed by atoms with van der Waals surface area (Å²) < 4.78 is 5.71. The lowest BCUT2D eigenvalue weighted by molar-refractivity contribution is -0.117. The van der Waals surface area contributed by atoms with Crippen LogP contribution >= 0.6 is 12.2 Å². The fourth-order valence-corrected chi connectivity index (χ4v) is 2.62. The molecule has 2 aromatic rings.